The summed E-state index contributed by atoms with van der Waals surface area (Å²) in [6, 6.07) is 14.0. The van der Waals surface area contributed by atoms with Crippen molar-refractivity contribution in [1.29, 1.82) is 0 Å². The van der Waals surface area contributed by atoms with Gasteiger partial charge in [-0.25, -0.2) is 4.79 Å². The van der Waals surface area contributed by atoms with E-state index in [1.54, 1.807) is 48.4 Å². The first kappa shape index (κ1) is 15.9. The van der Waals surface area contributed by atoms with Crippen molar-refractivity contribution in [3.05, 3.63) is 48.5 Å². The molecule has 2 aromatic rings. The predicted octanol–water partition coefficient (Wildman–Crippen LogP) is 3.47. The Bertz CT molecular complexity index is 726. The molecule has 6 nitrogen and oxygen atoms in total. The van der Waals surface area contributed by atoms with Gasteiger partial charge in [-0.1, -0.05) is 0 Å². The Hall–Kier alpha value is -3.02. The maximum Gasteiger partial charge on any atom is 0.323 e. The molecular weight excluding hydrogens is 306 g/mol. The SMILES string of the molecule is COc1ccc(NC(=O)Nc2ccc(N3CCCC3=O)cc2)cc1. The lowest BCUT2D eigenvalue weighted by Crippen LogP contribution is -2.23. The third-order valence-corrected chi connectivity index (χ3v) is 3.86. The molecule has 0 unspecified atom stereocenters. The summed E-state index contributed by atoms with van der Waals surface area (Å²) in [7, 11) is 1.59. The average molecular weight is 325 g/mol. The minimum absolute atomic E-state index is 0.146. The molecule has 0 bridgehead atoms. The normalized spacial score (nSPS) is 13.7. The number of hydrogen-bond acceptors (Lipinski definition) is 3. The number of hydrogen-bond donors (Lipinski definition) is 2. The van der Waals surface area contributed by atoms with E-state index >= 15 is 0 Å². The van der Waals surface area contributed by atoms with Gasteiger partial charge in [-0.3, -0.25) is 4.79 Å². The van der Waals surface area contributed by atoms with Crippen LogP contribution in [0.5, 0.6) is 5.75 Å². The van der Waals surface area contributed by atoms with E-state index in [2.05, 4.69) is 10.6 Å². The van der Waals surface area contributed by atoms with Gasteiger partial charge in [-0.2, -0.15) is 0 Å². The van der Waals surface area contributed by atoms with Crippen LogP contribution in [-0.2, 0) is 4.79 Å². The van der Waals surface area contributed by atoms with Crippen LogP contribution < -0.4 is 20.3 Å². The van der Waals surface area contributed by atoms with Gasteiger partial charge in [0.15, 0.2) is 0 Å². The first-order valence-corrected chi connectivity index (χ1v) is 7.78. The van der Waals surface area contributed by atoms with Crippen LogP contribution in [0.3, 0.4) is 0 Å². The third-order valence-electron chi connectivity index (χ3n) is 3.86. The van der Waals surface area contributed by atoms with Crippen molar-refractivity contribution in [2.45, 2.75) is 12.8 Å². The molecule has 1 aliphatic heterocycles. The van der Waals surface area contributed by atoms with E-state index in [9.17, 15) is 9.59 Å². The Balaban J connectivity index is 1.58. The number of nitrogens with one attached hydrogen (secondary N) is 2. The van der Waals surface area contributed by atoms with Crippen LogP contribution in [0.2, 0.25) is 0 Å². The third kappa shape index (κ3) is 3.65. The Morgan fingerprint density at radius 2 is 1.58 bits per heavy atom. The van der Waals surface area contributed by atoms with Crippen LogP contribution >= 0.6 is 0 Å². The summed E-state index contributed by atoms with van der Waals surface area (Å²) in [6.07, 6.45) is 1.49. The number of urea groups is 1. The molecule has 6 heteroatoms. The predicted molar refractivity (Wildman–Crippen MR) is 93.7 cm³/mol. The lowest BCUT2D eigenvalue weighted by atomic mass is 10.2. The number of benzene rings is 2. The van der Waals surface area contributed by atoms with Gasteiger partial charge in [0.05, 0.1) is 7.11 Å². The lowest BCUT2D eigenvalue weighted by Gasteiger charge is -2.16. The molecule has 2 aromatic carbocycles. The number of methoxy groups -OCH3 is 1. The second kappa shape index (κ2) is 7.04. The highest BCUT2D eigenvalue weighted by atomic mass is 16.5. The van der Waals surface area contributed by atoms with Crippen molar-refractivity contribution in [3.8, 4) is 5.75 Å². The first-order valence-electron chi connectivity index (χ1n) is 7.78. The summed E-state index contributed by atoms with van der Waals surface area (Å²) in [5, 5.41) is 5.51. The topological polar surface area (TPSA) is 70.7 Å². The minimum atomic E-state index is -0.329. The van der Waals surface area contributed by atoms with Crippen LogP contribution in [0.25, 0.3) is 0 Å². The van der Waals surface area contributed by atoms with Gasteiger partial charge < -0.3 is 20.3 Å². The van der Waals surface area contributed by atoms with Gasteiger partial charge >= 0.3 is 6.03 Å². The van der Waals surface area contributed by atoms with Crippen LogP contribution in [0.4, 0.5) is 21.9 Å². The van der Waals surface area contributed by atoms with Gasteiger partial charge in [0, 0.05) is 30.0 Å². The maximum atomic E-state index is 12.0. The highest BCUT2D eigenvalue weighted by molar-refractivity contribution is 6.00. The van der Waals surface area contributed by atoms with Crippen molar-refractivity contribution < 1.29 is 14.3 Å². The van der Waals surface area contributed by atoms with E-state index in [-0.39, 0.29) is 11.9 Å². The van der Waals surface area contributed by atoms with E-state index in [1.165, 1.54) is 0 Å². The molecule has 1 saturated heterocycles. The summed E-state index contributed by atoms with van der Waals surface area (Å²) in [6.45, 7) is 0.754. The number of carbonyl (C=O) groups excluding carboxylic acids is 2. The Labute approximate surface area is 140 Å². The zero-order chi connectivity index (χ0) is 16.9. The van der Waals surface area contributed by atoms with Gasteiger partial charge in [0.25, 0.3) is 0 Å². The molecule has 0 atom stereocenters. The van der Waals surface area contributed by atoms with Crippen LogP contribution in [0.15, 0.2) is 48.5 Å². The molecular formula is C18H19N3O3. The molecule has 0 radical (unpaired) electrons. The van der Waals surface area contributed by atoms with Crippen molar-refractivity contribution in [2.24, 2.45) is 0 Å². The summed E-state index contributed by atoms with van der Waals surface area (Å²) < 4.78 is 5.07. The average Bonchev–Trinajstić information content (AvgIpc) is 3.02. The molecule has 24 heavy (non-hydrogen) atoms. The van der Waals surface area contributed by atoms with E-state index in [1.807, 2.05) is 12.1 Å². The fraction of sp³-hybridized carbons (Fsp3) is 0.222. The number of nitrogens with zero attached hydrogens (tertiary/aromatic N) is 1. The molecule has 0 saturated carbocycles. The highest BCUT2D eigenvalue weighted by Gasteiger charge is 2.21. The molecule has 0 spiro atoms. The summed E-state index contributed by atoms with van der Waals surface area (Å²) in [5.41, 5.74) is 2.20. The first-order chi connectivity index (χ1) is 11.7. The number of carbonyl (C=O) groups is 2. The molecule has 1 heterocycles. The fourth-order valence-corrected chi connectivity index (χ4v) is 2.61. The van der Waals surface area contributed by atoms with Crippen LogP contribution in [-0.4, -0.2) is 25.6 Å². The molecule has 3 rings (SSSR count). The van der Waals surface area contributed by atoms with Crippen molar-refractivity contribution in [2.75, 3.05) is 29.2 Å². The van der Waals surface area contributed by atoms with Crippen LogP contribution in [0.1, 0.15) is 12.8 Å². The van der Waals surface area contributed by atoms with E-state index < -0.39 is 0 Å². The molecule has 2 N–H and O–H groups in total. The van der Waals surface area contributed by atoms with E-state index in [0.717, 1.165) is 24.4 Å². The maximum absolute atomic E-state index is 12.0. The molecule has 0 aliphatic carbocycles. The van der Waals surface area contributed by atoms with Gasteiger partial charge in [0.2, 0.25) is 5.91 Å². The number of rotatable bonds is 4. The number of amides is 3. The molecule has 1 aliphatic rings. The van der Waals surface area contributed by atoms with Gasteiger partial charge in [0.1, 0.15) is 5.75 Å². The monoisotopic (exact) mass is 325 g/mol. The van der Waals surface area contributed by atoms with E-state index in [4.69, 9.17) is 4.74 Å². The Morgan fingerprint density at radius 3 is 2.08 bits per heavy atom. The second-order valence-electron chi connectivity index (χ2n) is 5.50. The summed E-state index contributed by atoms with van der Waals surface area (Å²) in [4.78, 5) is 25.5. The standard InChI is InChI=1S/C18H19N3O3/c1-24-16-10-6-14(7-11-16)20-18(23)19-13-4-8-15(9-5-13)21-12-2-3-17(21)22/h4-11H,2-3,12H2,1H3,(H2,19,20,23). The molecule has 3 amide bonds. The number of anilines is 3. The molecule has 0 aromatic heterocycles. The van der Waals surface area contributed by atoms with Gasteiger partial charge in [-0.05, 0) is 55.0 Å². The largest absolute Gasteiger partial charge is 0.497 e. The zero-order valence-corrected chi connectivity index (χ0v) is 13.4. The quantitative estimate of drug-likeness (QED) is 0.904. The fourth-order valence-electron chi connectivity index (χ4n) is 2.61. The summed E-state index contributed by atoms with van der Waals surface area (Å²) in [5.74, 6) is 0.876. The van der Waals surface area contributed by atoms with Crippen molar-refractivity contribution in [1.82, 2.24) is 0 Å². The Kier molecular flexibility index (Phi) is 4.65. The number of ether oxygens (including phenoxy) is 1. The summed E-state index contributed by atoms with van der Waals surface area (Å²) >= 11 is 0. The van der Waals surface area contributed by atoms with Crippen molar-refractivity contribution in [3.63, 3.8) is 0 Å². The molecule has 1 fully saturated rings. The molecule has 124 valence electrons. The Morgan fingerprint density at radius 1 is 1.00 bits per heavy atom. The van der Waals surface area contributed by atoms with Crippen LogP contribution in [0, 0.1) is 0 Å². The highest BCUT2D eigenvalue weighted by Crippen LogP contribution is 2.23. The lowest BCUT2D eigenvalue weighted by molar-refractivity contribution is -0.117. The van der Waals surface area contributed by atoms with E-state index in [0.29, 0.717) is 17.8 Å². The second-order valence-corrected chi connectivity index (χ2v) is 5.50. The minimum Gasteiger partial charge on any atom is -0.497 e. The van der Waals surface area contributed by atoms with Gasteiger partial charge in [-0.15, -0.1) is 0 Å². The zero-order valence-electron chi connectivity index (χ0n) is 13.4. The smallest absolute Gasteiger partial charge is 0.323 e. The van der Waals surface area contributed by atoms with Crippen molar-refractivity contribution >= 4 is 29.0 Å².